The van der Waals surface area contributed by atoms with Crippen LogP contribution in [0.1, 0.15) is 43.8 Å². The third-order valence-corrected chi connectivity index (χ3v) is 5.84. The van der Waals surface area contributed by atoms with Gasteiger partial charge >= 0.3 is 11.9 Å². The van der Waals surface area contributed by atoms with Crippen LogP contribution >= 0.6 is 11.3 Å². The summed E-state index contributed by atoms with van der Waals surface area (Å²) >= 11 is 0.979. The van der Waals surface area contributed by atoms with Crippen LogP contribution in [0.25, 0.3) is 5.65 Å². The monoisotopic (exact) mass is 459 g/mol. The number of nitrogens with zero attached hydrogens (tertiary/aromatic N) is 2. The Hall–Kier alpha value is -3.24. The lowest BCUT2D eigenvalue weighted by Gasteiger charge is -2.06. The van der Waals surface area contributed by atoms with Gasteiger partial charge in [0.25, 0.3) is 0 Å². The van der Waals surface area contributed by atoms with Crippen LogP contribution in [0.15, 0.2) is 24.5 Å². The van der Waals surface area contributed by atoms with E-state index in [4.69, 9.17) is 14.2 Å². The van der Waals surface area contributed by atoms with Gasteiger partial charge in [-0.05, 0) is 38.0 Å². The first kappa shape index (κ1) is 23.4. The van der Waals surface area contributed by atoms with E-state index in [1.807, 2.05) is 29.7 Å². The van der Waals surface area contributed by atoms with Crippen LogP contribution in [0.2, 0.25) is 0 Å². The van der Waals surface area contributed by atoms with Crippen molar-refractivity contribution in [3.63, 3.8) is 0 Å². The highest BCUT2D eigenvalue weighted by Gasteiger charge is 2.27. The van der Waals surface area contributed by atoms with E-state index in [1.54, 1.807) is 20.0 Å². The minimum atomic E-state index is -0.615. The second-order valence-corrected chi connectivity index (χ2v) is 8.01. The maximum Gasteiger partial charge on any atom is 0.348 e. The number of hydrogen-bond acceptors (Lipinski definition) is 8. The number of fused-ring (bicyclic) bond motifs is 1. The van der Waals surface area contributed by atoms with Crippen molar-refractivity contribution >= 4 is 39.8 Å². The highest BCUT2D eigenvalue weighted by Crippen LogP contribution is 2.34. The summed E-state index contributed by atoms with van der Waals surface area (Å²) in [6.45, 7) is 5.74. The van der Waals surface area contributed by atoms with Crippen LogP contribution in [-0.4, -0.2) is 54.2 Å². The van der Waals surface area contributed by atoms with Gasteiger partial charge in [-0.1, -0.05) is 6.07 Å². The first-order valence-corrected chi connectivity index (χ1v) is 10.9. The number of methoxy groups -OCH3 is 1. The second kappa shape index (κ2) is 10.4. The maximum atomic E-state index is 12.7. The molecule has 0 saturated heterocycles. The van der Waals surface area contributed by atoms with Crippen molar-refractivity contribution in [3.8, 4) is 0 Å². The number of rotatable bonds is 9. The number of hydrogen-bond donors (Lipinski definition) is 1. The summed E-state index contributed by atoms with van der Waals surface area (Å²) in [5, 5.41) is 2.98. The number of ether oxygens (including phenoxy) is 3. The van der Waals surface area contributed by atoms with E-state index in [-0.39, 0.29) is 47.6 Å². The van der Waals surface area contributed by atoms with Gasteiger partial charge in [0.1, 0.15) is 22.1 Å². The van der Waals surface area contributed by atoms with Gasteiger partial charge in [0, 0.05) is 19.5 Å². The highest BCUT2D eigenvalue weighted by molar-refractivity contribution is 7.18. The predicted octanol–water partition coefficient (Wildman–Crippen LogP) is 3.17. The fraction of sp³-hybridized carbons (Fsp3) is 0.364. The van der Waals surface area contributed by atoms with E-state index in [1.165, 1.54) is 7.11 Å². The van der Waals surface area contributed by atoms with Gasteiger partial charge in [0.05, 0.1) is 30.9 Å². The number of amides is 1. The summed E-state index contributed by atoms with van der Waals surface area (Å²) in [6.07, 6.45) is 3.65. The number of aryl methyl sites for hydroxylation is 1. The van der Waals surface area contributed by atoms with E-state index >= 15 is 0 Å². The number of esters is 2. The first-order chi connectivity index (χ1) is 15.3. The molecule has 0 radical (unpaired) electrons. The summed E-state index contributed by atoms with van der Waals surface area (Å²) in [5.41, 5.74) is 2.90. The Bertz CT molecular complexity index is 1150. The Morgan fingerprint density at radius 1 is 1.16 bits per heavy atom. The van der Waals surface area contributed by atoms with Crippen LogP contribution in [-0.2, 0) is 25.4 Å². The number of anilines is 1. The summed E-state index contributed by atoms with van der Waals surface area (Å²) < 4.78 is 17.0. The van der Waals surface area contributed by atoms with Crippen LogP contribution in [0.3, 0.4) is 0 Å². The minimum absolute atomic E-state index is 0.00789. The molecule has 3 aromatic heterocycles. The quantitative estimate of drug-likeness (QED) is 0.387. The summed E-state index contributed by atoms with van der Waals surface area (Å²) in [6, 6.07) is 3.85. The SMILES string of the molecule is CCOC(=O)c1c(NC(=O)Cc2cn3cccc(C)c3n2)sc(C(=O)OCCOC)c1C. The lowest BCUT2D eigenvalue weighted by atomic mass is 10.1. The zero-order valence-corrected chi connectivity index (χ0v) is 19.2. The van der Waals surface area contributed by atoms with E-state index in [9.17, 15) is 14.4 Å². The molecule has 0 fully saturated rings. The Kier molecular flexibility index (Phi) is 7.60. The summed E-state index contributed by atoms with van der Waals surface area (Å²) in [4.78, 5) is 42.4. The lowest BCUT2D eigenvalue weighted by Crippen LogP contribution is -2.16. The molecule has 3 rings (SSSR count). The topological polar surface area (TPSA) is 108 Å². The van der Waals surface area contributed by atoms with Gasteiger partial charge in [0.2, 0.25) is 5.91 Å². The van der Waals surface area contributed by atoms with Crippen molar-refractivity contribution < 1.29 is 28.6 Å². The molecule has 3 aromatic rings. The van der Waals surface area contributed by atoms with Gasteiger partial charge in [-0.15, -0.1) is 11.3 Å². The molecule has 170 valence electrons. The average Bonchev–Trinajstić information content (AvgIpc) is 3.29. The molecule has 1 amide bonds. The van der Waals surface area contributed by atoms with E-state index in [2.05, 4.69) is 10.3 Å². The average molecular weight is 460 g/mol. The molecule has 0 aliphatic heterocycles. The van der Waals surface area contributed by atoms with Crippen molar-refractivity contribution in [3.05, 3.63) is 51.8 Å². The van der Waals surface area contributed by atoms with Crippen molar-refractivity contribution in [2.75, 3.05) is 32.2 Å². The molecule has 0 aliphatic rings. The van der Waals surface area contributed by atoms with Gasteiger partial charge in [-0.3, -0.25) is 4.79 Å². The molecule has 0 aliphatic carbocycles. The van der Waals surface area contributed by atoms with Gasteiger partial charge in [-0.25, -0.2) is 14.6 Å². The van der Waals surface area contributed by atoms with Gasteiger partial charge < -0.3 is 23.9 Å². The maximum absolute atomic E-state index is 12.7. The van der Waals surface area contributed by atoms with Crippen LogP contribution in [0.5, 0.6) is 0 Å². The van der Waals surface area contributed by atoms with E-state index in [0.717, 1.165) is 22.5 Å². The third-order valence-electron chi connectivity index (χ3n) is 4.65. The lowest BCUT2D eigenvalue weighted by molar-refractivity contribution is -0.115. The second-order valence-electron chi connectivity index (χ2n) is 6.99. The van der Waals surface area contributed by atoms with Crippen molar-refractivity contribution in [2.45, 2.75) is 27.2 Å². The molecular formula is C22H25N3O6S. The van der Waals surface area contributed by atoms with Crippen LogP contribution in [0.4, 0.5) is 5.00 Å². The predicted molar refractivity (Wildman–Crippen MR) is 119 cm³/mol. The molecule has 10 heteroatoms. The largest absolute Gasteiger partial charge is 0.462 e. The number of nitrogens with one attached hydrogen (secondary N) is 1. The molecular weight excluding hydrogens is 434 g/mol. The number of carbonyl (C=O) groups is 3. The Morgan fingerprint density at radius 3 is 2.62 bits per heavy atom. The van der Waals surface area contributed by atoms with E-state index < -0.39 is 11.9 Å². The van der Waals surface area contributed by atoms with Crippen LogP contribution in [0, 0.1) is 13.8 Å². The number of imidazole rings is 1. The molecule has 0 unspecified atom stereocenters. The van der Waals surface area contributed by atoms with Crippen LogP contribution < -0.4 is 5.32 Å². The van der Waals surface area contributed by atoms with Gasteiger partial charge in [0.15, 0.2) is 0 Å². The Morgan fingerprint density at radius 2 is 1.94 bits per heavy atom. The number of pyridine rings is 1. The molecule has 1 N–H and O–H groups in total. The minimum Gasteiger partial charge on any atom is -0.462 e. The Balaban J connectivity index is 1.83. The first-order valence-electron chi connectivity index (χ1n) is 10.0. The number of thiophene rings is 1. The Labute approximate surface area is 189 Å². The van der Waals surface area contributed by atoms with Crippen molar-refractivity contribution in [1.29, 1.82) is 0 Å². The van der Waals surface area contributed by atoms with E-state index in [0.29, 0.717) is 11.3 Å². The molecule has 0 atom stereocenters. The molecule has 0 aromatic carbocycles. The third kappa shape index (κ3) is 5.14. The fourth-order valence-electron chi connectivity index (χ4n) is 3.15. The van der Waals surface area contributed by atoms with Gasteiger partial charge in [-0.2, -0.15) is 0 Å². The number of carbonyl (C=O) groups excluding carboxylic acids is 3. The molecule has 3 heterocycles. The zero-order valence-electron chi connectivity index (χ0n) is 18.4. The molecule has 0 saturated carbocycles. The molecule has 32 heavy (non-hydrogen) atoms. The molecule has 0 bridgehead atoms. The standard InChI is InChI=1S/C22H25N3O6S/c1-5-30-21(27)17-14(3)18(22(28)31-10-9-29-4)32-20(17)24-16(26)11-15-12-25-8-6-7-13(2)19(25)23-15/h6-8,12H,5,9-11H2,1-4H3,(H,24,26). The normalized spacial score (nSPS) is 10.9. The smallest absolute Gasteiger partial charge is 0.348 e. The molecule has 0 spiro atoms. The van der Waals surface area contributed by atoms with Crippen molar-refractivity contribution in [2.24, 2.45) is 0 Å². The summed E-state index contributed by atoms with van der Waals surface area (Å²) in [7, 11) is 1.50. The highest BCUT2D eigenvalue weighted by atomic mass is 32.1. The number of aromatic nitrogens is 2. The summed E-state index contributed by atoms with van der Waals surface area (Å²) in [5.74, 6) is -1.57. The van der Waals surface area contributed by atoms with Crippen molar-refractivity contribution in [1.82, 2.24) is 9.38 Å². The zero-order chi connectivity index (χ0) is 23.3. The molecule has 9 nitrogen and oxygen atoms in total. The fourth-order valence-corrected chi connectivity index (χ4v) is 4.26.